The van der Waals surface area contributed by atoms with Crippen LogP contribution in [0.2, 0.25) is 0 Å². The van der Waals surface area contributed by atoms with Crippen LogP contribution in [0.15, 0.2) is 4.52 Å². The van der Waals surface area contributed by atoms with Crippen LogP contribution in [0.4, 0.5) is 0 Å². The second-order valence-electron chi connectivity index (χ2n) is 4.71. The molecule has 0 radical (unpaired) electrons. The van der Waals surface area contributed by atoms with Gasteiger partial charge in [0.05, 0.1) is 6.10 Å². The first-order chi connectivity index (χ1) is 7.69. The predicted octanol–water partition coefficient (Wildman–Crippen LogP) is 1.45. The van der Waals surface area contributed by atoms with Gasteiger partial charge in [-0.15, -0.1) is 0 Å². The molecule has 1 fully saturated rings. The van der Waals surface area contributed by atoms with Gasteiger partial charge in [0, 0.05) is 5.92 Å². The third kappa shape index (κ3) is 2.59. The largest absolute Gasteiger partial charge is 0.370 e. The van der Waals surface area contributed by atoms with E-state index in [-0.39, 0.29) is 5.92 Å². The van der Waals surface area contributed by atoms with Crippen molar-refractivity contribution < 1.29 is 9.26 Å². The van der Waals surface area contributed by atoms with Gasteiger partial charge in [0.1, 0.15) is 6.61 Å². The Hall–Kier alpha value is -0.940. The first kappa shape index (κ1) is 11.5. The van der Waals surface area contributed by atoms with Crippen molar-refractivity contribution in [3.8, 4) is 0 Å². The van der Waals surface area contributed by atoms with E-state index in [4.69, 9.17) is 15.0 Å². The van der Waals surface area contributed by atoms with Crippen molar-refractivity contribution in [3.05, 3.63) is 11.7 Å². The monoisotopic (exact) mass is 225 g/mol. The average Bonchev–Trinajstić information content (AvgIpc) is 2.64. The highest BCUT2D eigenvalue weighted by atomic mass is 16.5. The summed E-state index contributed by atoms with van der Waals surface area (Å²) in [5, 5.41) is 3.87. The van der Waals surface area contributed by atoms with Crippen LogP contribution in [-0.2, 0) is 11.3 Å². The Morgan fingerprint density at radius 1 is 1.50 bits per heavy atom. The van der Waals surface area contributed by atoms with Gasteiger partial charge in [-0.3, -0.25) is 0 Å². The molecule has 0 aliphatic heterocycles. The lowest BCUT2D eigenvalue weighted by Crippen LogP contribution is -2.35. The molecule has 0 spiro atoms. The molecule has 0 atom stereocenters. The number of aromatic nitrogens is 2. The van der Waals surface area contributed by atoms with E-state index in [1.165, 1.54) is 0 Å². The summed E-state index contributed by atoms with van der Waals surface area (Å²) in [7, 11) is 0. The molecule has 0 unspecified atom stereocenters. The van der Waals surface area contributed by atoms with Crippen molar-refractivity contribution in [2.45, 2.75) is 45.3 Å². The highest BCUT2D eigenvalue weighted by Gasteiger charge is 2.28. The van der Waals surface area contributed by atoms with E-state index in [9.17, 15) is 0 Å². The second kappa shape index (κ2) is 4.93. The number of hydrogen-bond acceptors (Lipinski definition) is 5. The fraction of sp³-hybridized carbons (Fsp3) is 0.818. The normalized spacial score (nSPS) is 24.8. The van der Waals surface area contributed by atoms with Crippen LogP contribution < -0.4 is 5.73 Å². The Balaban J connectivity index is 1.73. The van der Waals surface area contributed by atoms with Crippen LogP contribution in [0.25, 0.3) is 0 Å². The van der Waals surface area contributed by atoms with Crippen LogP contribution in [0.5, 0.6) is 0 Å². The van der Waals surface area contributed by atoms with Crippen molar-refractivity contribution in [1.82, 2.24) is 10.1 Å². The summed E-state index contributed by atoms with van der Waals surface area (Å²) in [4.78, 5) is 4.25. The van der Waals surface area contributed by atoms with Crippen LogP contribution >= 0.6 is 0 Å². The lowest BCUT2D eigenvalue weighted by molar-refractivity contribution is -0.0405. The Morgan fingerprint density at radius 3 is 2.81 bits per heavy atom. The summed E-state index contributed by atoms with van der Waals surface area (Å²) in [5.74, 6) is 2.22. The SMILES string of the molecule is CC(C)c1nc(COC2CC(CN)C2)no1. The van der Waals surface area contributed by atoms with Crippen molar-refractivity contribution >= 4 is 0 Å². The minimum atomic E-state index is 0.270. The van der Waals surface area contributed by atoms with Gasteiger partial charge in [0.2, 0.25) is 5.89 Å². The Kier molecular flexibility index (Phi) is 3.56. The van der Waals surface area contributed by atoms with Crippen LogP contribution in [0.1, 0.15) is 44.3 Å². The summed E-state index contributed by atoms with van der Waals surface area (Å²) >= 11 is 0. The molecule has 1 saturated carbocycles. The molecule has 90 valence electrons. The lowest BCUT2D eigenvalue weighted by Gasteiger charge is -2.33. The first-order valence-corrected chi connectivity index (χ1v) is 5.83. The molecule has 5 heteroatoms. The summed E-state index contributed by atoms with van der Waals surface area (Å²) < 4.78 is 10.7. The van der Waals surface area contributed by atoms with Crippen LogP contribution in [-0.4, -0.2) is 22.8 Å². The standard InChI is InChI=1S/C11H19N3O2/c1-7(2)11-13-10(14-16-11)6-15-9-3-8(4-9)5-12/h7-9H,3-6,12H2,1-2H3. The molecule has 2 rings (SSSR count). The summed E-state index contributed by atoms with van der Waals surface area (Å²) in [5.41, 5.74) is 5.54. The Labute approximate surface area is 95.3 Å². The molecule has 1 heterocycles. The maximum absolute atomic E-state index is 5.65. The highest BCUT2D eigenvalue weighted by Crippen LogP contribution is 2.29. The minimum absolute atomic E-state index is 0.270. The molecule has 1 aromatic heterocycles. The number of ether oxygens (including phenoxy) is 1. The fourth-order valence-electron chi connectivity index (χ4n) is 1.76. The van der Waals surface area contributed by atoms with E-state index in [2.05, 4.69) is 10.1 Å². The van der Waals surface area contributed by atoms with Gasteiger partial charge in [0.15, 0.2) is 5.82 Å². The number of rotatable bonds is 5. The third-order valence-corrected chi connectivity index (χ3v) is 2.95. The van der Waals surface area contributed by atoms with Crippen molar-refractivity contribution in [2.24, 2.45) is 11.7 Å². The summed E-state index contributed by atoms with van der Waals surface area (Å²) in [6.45, 7) is 5.25. The zero-order valence-electron chi connectivity index (χ0n) is 9.85. The molecule has 0 amide bonds. The van der Waals surface area contributed by atoms with Crippen LogP contribution in [0.3, 0.4) is 0 Å². The van der Waals surface area contributed by atoms with E-state index in [0.717, 1.165) is 19.4 Å². The van der Waals surface area contributed by atoms with Gasteiger partial charge >= 0.3 is 0 Å². The van der Waals surface area contributed by atoms with E-state index >= 15 is 0 Å². The maximum atomic E-state index is 5.65. The van der Waals surface area contributed by atoms with Crippen molar-refractivity contribution in [2.75, 3.05) is 6.54 Å². The van der Waals surface area contributed by atoms with Gasteiger partial charge in [-0.25, -0.2) is 0 Å². The summed E-state index contributed by atoms with van der Waals surface area (Å²) in [6.07, 6.45) is 2.45. The van der Waals surface area contributed by atoms with Gasteiger partial charge in [0.25, 0.3) is 0 Å². The maximum Gasteiger partial charge on any atom is 0.229 e. The van der Waals surface area contributed by atoms with E-state index < -0.39 is 0 Å². The number of nitrogens with zero attached hydrogens (tertiary/aromatic N) is 2. The van der Waals surface area contributed by atoms with Crippen LogP contribution in [0, 0.1) is 5.92 Å². The molecule has 16 heavy (non-hydrogen) atoms. The van der Waals surface area contributed by atoms with E-state index in [0.29, 0.717) is 30.3 Å². The molecule has 1 aliphatic carbocycles. The molecule has 1 aliphatic rings. The molecule has 0 aromatic carbocycles. The molecule has 0 saturated heterocycles. The number of nitrogens with two attached hydrogens (primary N) is 1. The van der Waals surface area contributed by atoms with E-state index in [1.54, 1.807) is 0 Å². The average molecular weight is 225 g/mol. The molecular formula is C11H19N3O2. The second-order valence-corrected chi connectivity index (χ2v) is 4.71. The zero-order chi connectivity index (χ0) is 11.5. The Morgan fingerprint density at radius 2 is 2.25 bits per heavy atom. The van der Waals surface area contributed by atoms with Gasteiger partial charge in [-0.2, -0.15) is 4.98 Å². The molecular weight excluding hydrogens is 206 g/mol. The summed E-state index contributed by atoms with van der Waals surface area (Å²) in [6, 6.07) is 0. The first-order valence-electron chi connectivity index (χ1n) is 5.83. The zero-order valence-corrected chi connectivity index (χ0v) is 9.85. The predicted molar refractivity (Wildman–Crippen MR) is 58.7 cm³/mol. The fourth-order valence-corrected chi connectivity index (χ4v) is 1.76. The lowest BCUT2D eigenvalue weighted by atomic mass is 9.82. The van der Waals surface area contributed by atoms with Gasteiger partial charge in [-0.1, -0.05) is 19.0 Å². The van der Waals surface area contributed by atoms with Crippen molar-refractivity contribution in [3.63, 3.8) is 0 Å². The molecule has 0 bridgehead atoms. The quantitative estimate of drug-likeness (QED) is 0.820. The number of hydrogen-bond donors (Lipinski definition) is 1. The van der Waals surface area contributed by atoms with Crippen molar-refractivity contribution in [1.29, 1.82) is 0 Å². The topological polar surface area (TPSA) is 74.2 Å². The Bertz CT molecular complexity index is 332. The third-order valence-electron chi connectivity index (χ3n) is 2.95. The van der Waals surface area contributed by atoms with Gasteiger partial charge in [-0.05, 0) is 25.3 Å². The molecule has 2 N–H and O–H groups in total. The molecule has 5 nitrogen and oxygen atoms in total. The highest BCUT2D eigenvalue weighted by molar-refractivity contribution is 4.90. The smallest absolute Gasteiger partial charge is 0.229 e. The van der Waals surface area contributed by atoms with E-state index in [1.807, 2.05) is 13.8 Å². The van der Waals surface area contributed by atoms with Gasteiger partial charge < -0.3 is 15.0 Å². The molecule has 1 aromatic rings. The minimum Gasteiger partial charge on any atom is -0.370 e.